The van der Waals surface area contributed by atoms with Crippen LogP contribution in [0.2, 0.25) is 0 Å². The quantitative estimate of drug-likeness (QED) is 0.900. The van der Waals surface area contributed by atoms with Crippen molar-refractivity contribution in [3.63, 3.8) is 0 Å². The Labute approximate surface area is 141 Å². The molecule has 1 aliphatic heterocycles. The van der Waals surface area contributed by atoms with Crippen molar-refractivity contribution in [3.8, 4) is 0 Å². The van der Waals surface area contributed by atoms with Gasteiger partial charge < -0.3 is 15.5 Å². The average molecular weight is 323 g/mol. The van der Waals surface area contributed by atoms with Gasteiger partial charge in [-0.1, -0.05) is 30.3 Å². The first kappa shape index (κ1) is 16.2. The molecular weight excluding hydrogens is 302 g/mol. The topological polar surface area (TPSA) is 61.4 Å². The number of nitrogens with zero attached hydrogens (tertiary/aromatic N) is 1. The summed E-state index contributed by atoms with van der Waals surface area (Å²) in [4.78, 5) is 26.3. The Hall–Kier alpha value is -2.66. The fourth-order valence-corrected chi connectivity index (χ4v) is 2.69. The van der Waals surface area contributed by atoms with Crippen LogP contribution in [0.15, 0.2) is 54.6 Å². The van der Waals surface area contributed by atoms with Crippen LogP contribution in [-0.4, -0.2) is 42.9 Å². The maximum Gasteiger partial charge on any atom is 0.253 e. The number of piperazine rings is 1. The fraction of sp³-hybridized carbons (Fsp3) is 0.263. The highest BCUT2D eigenvalue weighted by atomic mass is 16.2. The summed E-state index contributed by atoms with van der Waals surface area (Å²) >= 11 is 0. The van der Waals surface area contributed by atoms with E-state index in [2.05, 4.69) is 10.6 Å². The number of rotatable bonds is 4. The standard InChI is InChI=1S/C19H21N3O2/c23-18(16-4-2-1-3-5-16)21-14-15-6-8-17(9-7-15)19(24)22-12-10-20-11-13-22/h1-9,20H,10-14H2,(H,21,23). The highest BCUT2D eigenvalue weighted by molar-refractivity contribution is 5.95. The summed E-state index contributed by atoms with van der Waals surface area (Å²) < 4.78 is 0. The van der Waals surface area contributed by atoms with Crippen LogP contribution in [-0.2, 0) is 6.54 Å². The summed E-state index contributed by atoms with van der Waals surface area (Å²) in [6.07, 6.45) is 0. The van der Waals surface area contributed by atoms with E-state index < -0.39 is 0 Å². The van der Waals surface area contributed by atoms with E-state index >= 15 is 0 Å². The van der Waals surface area contributed by atoms with Gasteiger partial charge in [-0.2, -0.15) is 0 Å². The number of carbonyl (C=O) groups excluding carboxylic acids is 2. The molecule has 0 aliphatic carbocycles. The fourth-order valence-electron chi connectivity index (χ4n) is 2.69. The number of benzene rings is 2. The van der Waals surface area contributed by atoms with E-state index in [4.69, 9.17) is 0 Å². The molecule has 3 rings (SSSR count). The van der Waals surface area contributed by atoms with Gasteiger partial charge in [-0.25, -0.2) is 0 Å². The SMILES string of the molecule is O=C(NCc1ccc(C(=O)N2CCNCC2)cc1)c1ccccc1. The van der Waals surface area contributed by atoms with Crippen molar-refractivity contribution >= 4 is 11.8 Å². The van der Waals surface area contributed by atoms with Crippen LogP contribution in [0.4, 0.5) is 0 Å². The molecule has 0 unspecified atom stereocenters. The van der Waals surface area contributed by atoms with Crippen molar-refractivity contribution in [3.05, 3.63) is 71.3 Å². The monoisotopic (exact) mass is 323 g/mol. The molecule has 2 aromatic carbocycles. The molecule has 0 atom stereocenters. The molecule has 0 spiro atoms. The maximum absolute atomic E-state index is 12.4. The largest absolute Gasteiger partial charge is 0.348 e. The van der Waals surface area contributed by atoms with Crippen LogP contribution < -0.4 is 10.6 Å². The summed E-state index contributed by atoms with van der Waals surface area (Å²) in [5.41, 5.74) is 2.30. The van der Waals surface area contributed by atoms with Gasteiger partial charge in [-0.05, 0) is 29.8 Å². The zero-order valence-corrected chi connectivity index (χ0v) is 13.5. The number of amides is 2. The Morgan fingerprint density at radius 1 is 0.917 bits per heavy atom. The normalized spacial score (nSPS) is 14.2. The molecule has 0 aromatic heterocycles. The first-order valence-electron chi connectivity index (χ1n) is 8.16. The lowest BCUT2D eigenvalue weighted by Gasteiger charge is -2.27. The minimum atomic E-state index is -0.100. The molecule has 0 bridgehead atoms. The molecule has 2 amide bonds. The van der Waals surface area contributed by atoms with Gasteiger partial charge in [0.2, 0.25) is 0 Å². The Balaban J connectivity index is 1.56. The summed E-state index contributed by atoms with van der Waals surface area (Å²) in [7, 11) is 0. The first-order chi connectivity index (χ1) is 11.7. The second-order valence-corrected chi connectivity index (χ2v) is 5.79. The van der Waals surface area contributed by atoms with Crippen LogP contribution >= 0.6 is 0 Å². The van der Waals surface area contributed by atoms with Crippen molar-refractivity contribution < 1.29 is 9.59 Å². The van der Waals surface area contributed by atoms with E-state index in [9.17, 15) is 9.59 Å². The average Bonchev–Trinajstić information content (AvgIpc) is 2.67. The summed E-state index contributed by atoms with van der Waals surface area (Å²) in [5, 5.41) is 6.12. The van der Waals surface area contributed by atoms with Crippen LogP contribution in [0.3, 0.4) is 0 Å². The van der Waals surface area contributed by atoms with Gasteiger partial charge in [0, 0.05) is 43.9 Å². The Bertz CT molecular complexity index is 692. The minimum Gasteiger partial charge on any atom is -0.348 e. The van der Waals surface area contributed by atoms with Gasteiger partial charge in [0.15, 0.2) is 0 Å². The van der Waals surface area contributed by atoms with E-state index in [1.54, 1.807) is 12.1 Å². The number of carbonyl (C=O) groups is 2. The van der Waals surface area contributed by atoms with Crippen LogP contribution in [0.5, 0.6) is 0 Å². The van der Waals surface area contributed by atoms with E-state index in [1.165, 1.54) is 0 Å². The lowest BCUT2D eigenvalue weighted by Crippen LogP contribution is -2.46. The number of hydrogen-bond donors (Lipinski definition) is 2. The van der Waals surface area contributed by atoms with Crippen molar-refractivity contribution in [1.29, 1.82) is 0 Å². The third-order valence-corrected chi connectivity index (χ3v) is 4.09. The molecule has 2 aromatic rings. The maximum atomic E-state index is 12.4. The van der Waals surface area contributed by atoms with Gasteiger partial charge in [0.25, 0.3) is 11.8 Å². The molecule has 1 saturated heterocycles. The lowest BCUT2D eigenvalue weighted by molar-refractivity contribution is 0.0735. The molecular formula is C19H21N3O2. The summed E-state index contributed by atoms with van der Waals surface area (Å²) in [6.45, 7) is 3.61. The second kappa shape index (κ2) is 7.75. The molecule has 2 N–H and O–H groups in total. The minimum absolute atomic E-state index is 0.0661. The zero-order chi connectivity index (χ0) is 16.8. The van der Waals surface area contributed by atoms with Crippen molar-refractivity contribution in [2.75, 3.05) is 26.2 Å². The highest BCUT2D eigenvalue weighted by Crippen LogP contribution is 2.09. The smallest absolute Gasteiger partial charge is 0.253 e. The van der Waals surface area contributed by atoms with Crippen LogP contribution in [0.25, 0.3) is 0 Å². The molecule has 1 heterocycles. The first-order valence-corrected chi connectivity index (χ1v) is 8.16. The van der Waals surface area contributed by atoms with Crippen molar-refractivity contribution in [1.82, 2.24) is 15.5 Å². The second-order valence-electron chi connectivity index (χ2n) is 5.79. The summed E-state index contributed by atoms with van der Waals surface area (Å²) in [5.74, 6) is -0.0343. The summed E-state index contributed by atoms with van der Waals surface area (Å²) in [6, 6.07) is 16.6. The Kier molecular flexibility index (Phi) is 5.23. The molecule has 24 heavy (non-hydrogen) atoms. The molecule has 124 valence electrons. The Morgan fingerprint density at radius 2 is 1.58 bits per heavy atom. The van der Waals surface area contributed by atoms with E-state index in [1.807, 2.05) is 47.4 Å². The predicted molar refractivity (Wildman–Crippen MR) is 92.8 cm³/mol. The molecule has 5 nitrogen and oxygen atoms in total. The van der Waals surface area contributed by atoms with Crippen molar-refractivity contribution in [2.45, 2.75) is 6.54 Å². The van der Waals surface area contributed by atoms with E-state index in [0.717, 1.165) is 31.7 Å². The number of nitrogens with one attached hydrogen (secondary N) is 2. The molecule has 1 fully saturated rings. The van der Waals surface area contributed by atoms with Gasteiger partial charge in [-0.3, -0.25) is 9.59 Å². The lowest BCUT2D eigenvalue weighted by atomic mass is 10.1. The van der Waals surface area contributed by atoms with E-state index in [-0.39, 0.29) is 11.8 Å². The third-order valence-electron chi connectivity index (χ3n) is 4.09. The highest BCUT2D eigenvalue weighted by Gasteiger charge is 2.17. The van der Waals surface area contributed by atoms with Gasteiger partial charge >= 0.3 is 0 Å². The molecule has 1 aliphatic rings. The molecule has 0 radical (unpaired) electrons. The van der Waals surface area contributed by atoms with Gasteiger partial charge in [0.1, 0.15) is 0 Å². The van der Waals surface area contributed by atoms with Crippen LogP contribution in [0, 0.1) is 0 Å². The van der Waals surface area contributed by atoms with Crippen molar-refractivity contribution in [2.24, 2.45) is 0 Å². The van der Waals surface area contributed by atoms with Crippen LogP contribution in [0.1, 0.15) is 26.3 Å². The van der Waals surface area contributed by atoms with Gasteiger partial charge in [0.05, 0.1) is 0 Å². The molecule has 5 heteroatoms. The Morgan fingerprint density at radius 3 is 2.25 bits per heavy atom. The predicted octanol–water partition coefficient (Wildman–Crippen LogP) is 1.66. The number of hydrogen-bond acceptors (Lipinski definition) is 3. The van der Waals surface area contributed by atoms with Gasteiger partial charge in [-0.15, -0.1) is 0 Å². The molecule has 0 saturated carbocycles. The third kappa shape index (κ3) is 4.00. The van der Waals surface area contributed by atoms with E-state index in [0.29, 0.717) is 17.7 Å². The zero-order valence-electron chi connectivity index (χ0n) is 13.5.